The van der Waals surface area contributed by atoms with Crippen LogP contribution in [-0.2, 0) is 6.61 Å². The molecule has 0 saturated heterocycles. The summed E-state index contributed by atoms with van der Waals surface area (Å²) >= 11 is 6.14. The number of nitrogens with one attached hydrogen (secondary N) is 1. The topological polar surface area (TPSA) is 66.6 Å². The zero-order valence-electron chi connectivity index (χ0n) is 16.7. The van der Waals surface area contributed by atoms with E-state index in [4.69, 9.17) is 26.3 Å². The molecule has 1 N–H and O–H groups in total. The maximum absolute atomic E-state index is 13.3. The van der Waals surface area contributed by atoms with E-state index in [9.17, 15) is 30.7 Å². The standard InChI is InChI=1S/C20H15ClF7N3O2/c1-2-32-16-8-12(10-30-31-20(27,28)18(22,23)19(24,25)26)7-15(21)17(16)33-11-14-6-4-3-5-13(14)9-29/h3-8,10,31H,2,11H2,1H3/b30-10+. The average Bonchev–Trinajstić information content (AvgIpc) is 2.72. The summed E-state index contributed by atoms with van der Waals surface area (Å²) in [4.78, 5) is 0. The average molecular weight is 498 g/mol. The Balaban J connectivity index is 2.24. The van der Waals surface area contributed by atoms with Gasteiger partial charge in [0.05, 0.1) is 29.5 Å². The summed E-state index contributed by atoms with van der Waals surface area (Å²) in [5.74, 6) is -6.30. The van der Waals surface area contributed by atoms with Crippen molar-refractivity contribution in [1.29, 1.82) is 5.26 Å². The highest BCUT2D eigenvalue weighted by atomic mass is 35.5. The Morgan fingerprint density at radius 3 is 2.36 bits per heavy atom. The molecule has 0 heterocycles. The Hall–Kier alpha value is -3.20. The Morgan fingerprint density at radius 1 is 1.09 bits per heavy atom. The molecule has 33 heavy (non-hydrogen) atoms. The summed E-state index contributed by atoms with van der Waals surface area (Å²) in [6, 6.07) is 5.21. The van der Waals surface area contributed by atoms with E-state index in [1.54, 1.807) is 31.2 Å². The van der Waals surface area contributed by atoms with Crippen molar-refractivity contribution in [2.24, 2.45) is 5.10 Å². The van der Waals surface area contributed by atoms with Crippen LogP contribution in [0.25, 0.3) is 0 Å². The van der Waals surface area contributed by atoms with E-state index in [1.165, 1.54) is 6.07 Å². The lowest BCUT2D eigenvalue weighted by atomic mass is 10.1. The number of alkyl halides is 7. The summed E-state index contributed by atoms with van der Waals surface area (Å²) in [6.07, 6.45) is -5.93. The molecule has 0 saturated carbocycles. The number of nitriles is 1. The second-order valence-corrected chi connectivity index (χ2v) is 6.74. The van der Waals surface area contributed by atoms with Crippen LogP contribution in [0, 0.1) is 11.3 Å². The Morgan fingerprint density at radius 2 is 1.76 bits per heavy atom. The van der Waals surface area contributed by atoms with Crippen molar-refractivity contribution < 1.29 is 40.2 Å². The monoisotopic (exact) mass is 497 g/mol. The van der Waals surface area contributed by atoms with Gasteiger partial charge in [0.1, 0.15) is 6.61 Å². The number of benzene rings is 2. The lowest BCUT2D eigenvalue weighted by Crippen LogP contribution is -2.58. The second kappa shape index (κ2) is 10.2. The normalized spacial score (nSPS) is 12.5. The number of rotatable bonds is 9. The van der Waals surface area contributed by atoms with Crippen molar-refractivity contribution in [1.82, 2.24) is 5.43 Å². The molecule has 178 valence electrons. The van der Waals surface area contributed by atoms with E-state index in [0.29, 0.717) is 22.8 Å². The van der Waals surface area contributed by atoms with E-state index in [0.717, 1.165) is 6.07 Å². The molecule has 0 spiro atoms. The van der Waals surface area contributed by atoms with E-state index in [-0.39, 0.29) is 35.3 Å². The fourth-order valence-electron chi connectivity index (χ4n) is 2.41. The first-order chi connectivity index (χ1) is 15.3. The second-order valence-electron chi connectivity index (χ2n) is 6.34. The number of halogens is 8. The lowest BCUT2D eigenvalue weighted by Gasteiger charge is -2.27. The van der Waals surface area contributed by atoms with Gasteiger partial charge in [-0.1, -0.05) is 29.8 Å². The van der Waals surface area contributed by atoms with Crippen LogP contribution in [0.2, 0.25) is 5.02 Å². The van der Waals surface area contributed by atoms with Gasteiger partial charge in [-0.3, -0.25) is 0 Å². The minimum absolute atomic E-state index is 0.0215. The van der Waals surface area contributed by atoms with Crippen molar-refractivity contribution in [3.8, 4) is 17.6 Å². The van der Waals surface area contributed by atoms with Crippen molar-refractivity contribution in [2.45, 2.75) is 31.7 Å². The summed E-state index contributed by atoms with van der Waals surface area (Å²) < 4.78 is 99.9. The lowest BCUT2D eigenvalue weighted by molar-refractivity contribution is -0.361. The Labute approximate surface area is 188 Å². The molecule has 0 bridgehead atoms. The van der Waals surface area contributed by atoms with Crippen LogP contribution in [0.3, 0.4) is 0 Å². The largest absolute Gasteiger partial charge is 0.490 e. The first-order valence-electron chi connectivity index (χ1n) is 9.03. The van der Waals surface area contributed by atoms with Gasteiger partial charge in [-0.2, -0.15) is 41.1 Å². The summed E-state index contributed by atoms with van der Waals surface area (Å²) in [7, 11) is 0. The van der Waals surface area contributed by atoms with Crippen molar-refractivity contribution >= 4 is 17.8 Å². The summed E-state index contributed by atoms with van der Waals surface area (Å²) in [5.41, 5.74) is 1.36. The first kappa shape index (κ1) is 26.1. The van der Waals surface area contributed by atoms with Gasteiger partial charge in [0.25, 0.3) is 0 Å². The number of hydrogen-bond donors (Lipinski definition) is 1. The van der Waals surface area contributed by atoms with Gasteiger partial charge in [-0.05, 0) is 30.7 Å². The van der Waals surface area contributed by atoms with Gasteiger partial charge < -0.3 is 9.47 Å². The van der Waals surface area contributed by atoms with Gasteiger partial charge in [-0.25, -0.2) is 5.43 Å². The zero-order chi connectivity index (χ0) is 24.9. The van der Waals surface area contributed by atoms with Crippen LogP contribution < -0.4 is 14.9 Å². The molecular formula is C20H15ClF7N3O2. The van der Waals surface area contributed by atoms with E-state index >= 15 is 0 Å². The zero-order valence-corrected chi connectivity index (χ0v) is 17.4. The predicted octanol–water partition coefficient (Wildman–Crippen LogP) is 5.90. The number of hydrogen-bond acceptors (Lipinski definition) is 5. The van der Waals surface area contributed by atoms with Gasteiger partial charge in [0, 0.05) is 5.56 Å². The molecule has 5 nitrogen and oxygen atoms in total. The Kier molecular flexibility index (Phi) is 8.02. The first-order valence-corrected chi connectivity index (χ1v) is 9.41. The van der Waals surface area contributed by atoms with Crippen LogP contribution in [0.5, 0.6) is 11.5 Å². The molecule has 2 aromatic carbocycles. The third-order valence-corrected chi connectivity index (χ3v) is 4.29. The van der Waals surface area contributed by atoms with Gasteiger partial charge in [0.15, 0.2) is 11.5 Å². The SMILES string of the molecule is CCOc1cc(/C=N/NC(F)(F)C(F)(F)C(F)(F)F)cc(Cl)c1OCc1ccccc1C#N. The molecule has 0 aliphatic carbocycles. The van der Waals surface area contributed by atoms with Crippen molar-refractivity contribution in [2.75, 3.05) is 6.61 Å². The molecule has 0 aromatic heterocycles. The predicted molar refractivity (Wildman–Crippen MR) is 105 cm³/mol. The highest BCUT2D eigenvalue weighted by Gasteiger charge is 2.73. The van der Waals surface area contributed by atoms with Gasteiger partial charge in [0.2, 0.25) is 0 Å². The summed E-state index contributed by atoms with van der Waals surface area (Å²) in [6.45, 7) is 1.66. The molecule has 0 radical (unpaired) electrons. The quantitative estimate of drug-likeness (QED) is 0.203. The van der Waals surface area contributed by atoms with Crippen LogP contribution in [0.1, 0.15) is 23.6 Å². The number of hydrazone groups is 1. The molecule has 13 heteroatoms. The fraction of sp³-hybridized carbons (Fsp3) is 0.300. The highest BCUT2D eigenvalue weighted by molar-refractivity contribution is 6.32. The van der Waals surface area contributed by atoms with Crippen LogP contribution in [0.4, 0.5) is 30.7 Å². The fourth-order valence-corrected chi connectivity index (χ4v) is 2.68. The minimum atomic E-state index is -6.49. The number of nitrogens with zero attached hydrogens (tertiary/aromatic N) is 2. The minimum Gasteiger partial charge on any atom is -0.490 e. The molecular weight excluding hydrogens is 483 g/mol. The van der Waals surface area contributed by atoms with Crippen molar-refractivity contribution in [3.63, 3.8) is 0 Å². The third kappa shape index (κ3) is 5.98. The molecule has 0 aliphatic rings. The molecule has 0 amide bonds. The Bertz CT molecular complexity index is 1050. The van der Waals surface area contributed by atoms with Crippen LogP contribution in [-0.4, -0.2) is 31.0 Å². The third-order valence-electron chi connectivity index (χ3n) is 4.01. The smallest absolute Gasteiger partial charge is 0.462 e. The summed E-state index contributed by atoms with van der Waals surface area (Å²) in [5, 5.41) is 11.8. The van der Waals surface area contributed by atoms with E-state index in [1.807, 2.05) is 6.07 Å². The maximum Gasteiger partial charge on any atom is 0.462 e. The van der Waals surface area contributed by atoms with E-state index in [2.05, 4.69) is 5.10 Å². The van der Waals surface area contributed by atoms with Gasteiger partial charge in [-0.15, -0.1) is 0 Å². The number of ether oxygens (including phenoxy) is 2. The highest BCUT2D eigenvalue weighted by Crippen LogP contribution is 2.45. The van der Waals surface area contributed by atoms with Crippen LogP contribution >= 0.6 is 11.6 Å². The molecule has 0 unspecified atom stereocenters. The van der Waals surface area contributed by atoms with Gasteiger partial charge >= 0.3 is 18.1 Å². The van der Waals surface area contributed by atoms with Crippen LogP contribution in [0.15, 0.2) is 41.5 Å². The van der Waals surface area contributed by atoms with Crippen molar-refractivity contribution in [3.05, 3.63) is 58.1 Å². The molecule has 2 rings (SSSR count). The maximum atomic E-state index is 13.3. The molecule has 0 aliphatic heterocycles. The molecule has 0 atom stereocenters. The molecule has 2 aromatic rings. The molecule has 0 fully saturated rings. The van der Waals surface area contributed by atoms with E-state index < -0.39 is 18.1 Å².